The van der Waals surface area contributed by atoms with Crippen LogP contribution in [0.2, 0.25) is 0 Å². The fourth-order valence-electron chi connectivity index (χ4n) is 1.99. The fraction of sp³-hybridized carbons (Fsp3) is 0.133. The Morgan fingerprint density at radius 3 is 2.42 bits per heavy atom. The van der Waals surface area contributed by atoms with Crippen molar-refractivity contribution in [3.8, 4) is 5.75 Å². The molecule has 0 atom stereocenters. The SMILES string of the molecule is COc1ccc(C)cc1NC(=S)NNS(=O)(=O)c1ccc([N+](=O)[O-])cc1. The van der Waals surface area contributed by atoms with E-state index < -0.39 is 14.9 Å². The van der Waals surface area contributed by atoms with E-state index in [9.17, 15) is 18.5 Å². The second kappa shape index (κ2) is 8.08. The highest BCUT2D eigenvalue weighted by Crippen LogP contribution is 2.25. The van der Waals surface area contributed by atoms with Crippen molar-refractivity contribution in [3.63, 3.8) is 0 Å². The Bertz CT molecular complexity index is 930. The number of hydrogen-bond acceptors (Lipinski definition) is 6. The highest BCUT2D eigenvalue weighted by molar-refractivity contribution is 7.89. The molecule has 0 radical (unpaired) electrons. The molecule has 0 unspecified atom stereocenters. The van der Waals surface area contributed by atoms with Crippen LogP contribution in [-0.4, -0.2) is 25.6 Å². The molecule has 0 aliphatic rings. The Kier molecular flexibility index (Phi) is 6.08. The number of benzene rings is 2. The maximum atomic E-state index is 12.2. The van der Waals surface area contributed by atoms with Crippen LogP contribution in [0.1, 0.15) is 5.56 Å². The van der Waals surface area contributed by atoms with Crippen LogP contribution in [0, 0.1) is 17.0 Å². The number of nitrogens with one attached hydrogen (secondary N) is 3. The zero-order valence-electron chi connectivity index (χ0n) is 13.8. The first-order chi connectivity index (χ1) is 12.2. The Hall–Kier alpha value is -2.76. The molecule has 0 amide bonds. The Labute approximate surface area is 155 Å². The van der Waals surface area contributed by atoms with E-state index in [0.29, 0.717) is 11.4 Å². The number of methoxy groups -OCH3 is 1. The highest BCUT2D eigenvalue weighted by atomic mass is 32.2. The van der Waals surface area contributed by atoms with Gasteiger partial charge in [0.25, 0.3) is 15.7 Å². The summed E-state index contributed by atoms with van der Waals surface area (Å²) < 4.78 is 29.6. The summed E-state index contributed by atoms with van der Waals surface area (Å²) in [4.78, 5) is 12.0. The molecule has 0 fully saturated rings. The van der Waals surface area contributed by atoms with E-state index in [1.54, 1.807) is 12.1 Å². The second-order valence-electron chi connectivity index (χ2n) is 5.14. The van der Waals surface area contributed by atoms with E-state index >= 15 is 0 Å². The summed E-state index contributed by atoms with van der Waals surface area (Å²) in [6.45, 7) is 1.89. The Morgan fingerprint density at radius 2 is 1.85 bits per heavy atom. The van der Waals surface area contributed by atoms with Gasteiger partial charge < -0.3 is 10.1 Å². The quantitative estimate of drug-likeness (QED) is 0.385. The summed E-state index contributed by atoms with van der Waals surface area (Å²) in [7, 11) is -2.45. The first-order valence-electron chi connectivity index (χ1n) is 7.21. The van der Waals surface area contributed by atoms with Crippen molar-refractivity contribution in [2.24, 2.45) is 0 Å². The number of nitro benzene ring substituents is 1. The first kappa shape index (κ1) is 19.6. The van der Waals surface area contributed by atoms with Gasteiger partial charge in [-0.2, -0.15) is 0 Å². The van der Waals surface area contributed by atoms with Gasteiger partial charge in [0.15, 0.2) is 5.11 Å². The number of non-ortho nitro benzene ring substituents is 1. The van der Waals surface area contributed by atoms with Gasteiger partial charge in [0.05, 0.1) is 22.6 Å². The summed E-state index contributed by atoms with van der Waals surface area (Å²) >= 11 is 5.07. The molecule has 2 aromatic carbocycles. The third-order valence-electron chi connectivity index (χ3n) is 3.26. The zero-order valence-corrected chi connectivity index (χ0v) is 15.5. The molecule has 3 N–H and O–H groups in total. The molecule has 0 heterocycles. The van der Waals surface area contributed by atoms with Gasteiger partial charge in [0.2, 0.25) is 0 Å². The van der Waals surface area contributed by atoms with Crippen LogP contribution in [0.3, 0.4) is 0 Å². The summed E-state index contributed by atoms with van der Waals surface area (Å²) in [5.74, 6) is 0.540. The van der Waals surface area contributed by atoms with E-state index in [2.05, 4.69) is 15.6 Å². The lowest BCUT2D eigenvalue weighted by Gasteiger charge is -2.14. The van der Waals surface area contributed by atoms with Crippen molar-refractivity contribution in [2.75, 3.05) is 12.4 Å². The van der Waals surface area contributed by atoms with Crippen molar-refractivity contribution in [1.29, 1.82) is 0 Å². The number of aryl methyl sites for hydroxylation is 1. The molecule has 0 aliphatic heterocycles. The smallest absolute Gasteiger partial charge is 0.269 e. The molecule has 0 aromatic heterocycles. The van der Waals surface area contributed by atoms with Crippen molar-refractivity contribution >= 4 is 38.7 Å². The maximum absolute atomic E-state index is 12.2. The van der Waals surface area contributed by atoms with E-state index in [-0.39, 0.29) is 15.7 Å². The van der Waals surface area contributed by atoms with Crippen LogP contribution in [0.4, 0.5) is 11.4 Å². The van der Waals surface area contributed by atoms with Gasteiger partial charge in [-0.05, 0) is 49.0 Å². The largest absolute Gasteiger partial charge is 0.495 e. The molecule has 2 rings (SSSR count). The second-order valence-corrected chi connectivity index (χ2v) is 7.23. The average Bonchev–Trinajstić information content (AvgIpc) is 2.60. The average molecular weight is 396 g/mol. The first-order valence-corrected chi connectivity index (χ1v) is 9.10. The molecule has 138 valence electrons. The van der Waals surface area contributed by atoms with Crippen LogP contribution in [0.15, 0.2) is 47.4 Å². The molecule has 26 heavy (non-hydrogen) atoms. The number of hydrazine groups is 1. The number of sulfonamides is 1. The molecule has 0 spiro atoms. The third kappa shape index (κ3) is 4.88. The van der Waals surface area contributed by atoms with Gasteiger partial charge in [-0.1, -0.05) is 6.07 Å². The minimum Gasteiger partial charge on any atom is -0.495 e. The third-order valence-corrected chi connectivity index (χ3v) is 4.73. The van der Waals surface area contributed by atoms with Gasteiger partial charge in [-0.3, -0.25) is 15.5 Å². The highest BCUT2D eigenvalue weighted by Gasteiger charge is 2.16. The molecule has 0 saturated heterocycles. The standard InChI is InChI=1S/C15H16N4O5S2/c1-10-3-8-14(24-2)13(9-10)16-15(25)17-18-26(22,23)12-6-4-11(5-7-12)19(20)21/h3-9,18H,1-2H3,(H2,16,17,25). The van der Waals surface area contributed by atoms with E-state index in [1.165, 1.54) is 7.11 Å². The van der Waals surface area contributed by atoms with E-state index in [1.807, 2.05) is 13.0 Å². The Balaban J connectivity index is 2.04. The maximum Gasteiger partial charge on any atom is 0.269 e. The Morgan fingerprint density at radius 1 is 1.19 bits per heavy atom. The number of rotatable bonds is 6. The number of nitrogens with zero attached hydrogens (tertiary/aromatic N) is 1. The van der Waals surface area contributed by atoms with Crippen LogP contribution in [0.25, 0.3) is 0 Å². The number of ether oxygens (including phenoxy) is 1. The van der Waals surface area contributed by atoms with Gasteiger partial charge in [-0.25, -0.2) is 8.42 Å². The molecular formula is C15H16N4O5S2. The van der Waals surface area contributed by atoms with Crippen LogP contribution in [-0.2, 0) is 10.0 Å². The molecule has 0 bridgehead atoms. The lowest BCUT2D eigenvalue weighted by Crippen LogP contribution is -2.43. The van der Waals surface area contributed by atoms with Gasteiger partial charge in [-0.15, -0.1) is 4.83 Å². The fourth-order valence-corrected chi connectivity index (χ4v) is 3.07. The van der Waals surface area contributed by atoms with Crippen molar-refractivity contribution in [1.82, 2.24) is 10.3 Å². The van der Waals surface area contributed by atoms with E-state index in [0.717, 1.165) is 29.8 Å². The molecular weight excluding hydrogens is 380 g/mol. The lowest BCUT2D eigenvalue weighted by atomic mass is 10.2. The predicted octanol–water partition coefficient (Wildman–Crippen LogP) is 2.09. The van der Waals surface area contributed by atoms with Gasteiger partial charge in [0, 0.05) is 12.1 Å². The van der Waals surface area contributed by atoms with Crippen molar-refractivity contribution in [3.05, 3.63) is 58.1 Å². The molecule has 9 nitrogen and oxygen atoms in total. The van der Waals surface area contributed by atoms with Crippen molar-refractivity contribution < 1.29 is 18.1 Å². The molecule has 0 aliphatic carbocycles. The summed E-state index contributed by atoms with van der Waals surface area (Å²) in [5, 5.41) is 13.4. The van der Waals surface area contributed by atoms with Crippen LogP contribution in [0.5, 0.6) is 5.75 Å². The monoisotopic (exact) mass is 396 g/mol. The van der Waals surface area contributed by atoms with Crippen LogP contribution >= 0.6 is 12.2 Å². The van der Waals surface area contributed by atoms with Gasteiger partial charge in [0.1, 0.15) is 5.75 Å². The number of hydrogen-bond donors (Lipinski definition) is 3. The number of anilines is 1. The topological polar surface area (TPSA) is 123 Å². The minimum atomic E-state index is -3.96. The van der Waals surface area contributed by atoms with Crippen LogP contribution < -0.4 is 20.3 Å². The minimum absolute atomic E-state index is 0.000568. The normalized spacial score (nSPS) is 10.8. The lowest BCUT2D eigenvalue weighted by molar-refractivity contribution is -0.384. The molecule has 2 aromatic rings. The number of nitro groups is 1. The summed E-state index contributed by atoms with van der Waals surface area (Å²) in [6.07, 6.45) is 0. The predicted molar refractivity (Wildman–Crippen MR) is 101 cm³/mol. The van der Waals surface area contributed by atoms with Crippen molar-refractivity contribution in [2.45, 2.75) is 11.8 Å². The van der Waals surface area contributed by atoms with Gasteiger partial charge >= 0.3 is 0 Å². The molecule has 0 saturated carbocycles. The number of thiocarbonyl (C=S) groups is 1. The summed E-state index contributed by atoms with van der Waals surface area (Å²) in [5.41, 5.74) is 3.69. The molecule has 11 heteroatoms. The summed E-state index contributed by atoms with van der Waals surface area (Å²) in [6, 6.07) is 9.85. The van der Waals surface area contributed by atoms with E-state index in [4.69, 9.17) is 17.0 Å². The zero-order chi connectivity index (χ0) is 19.3.